The summed E-state index contributed by atoms with van der Waals surface area (Å²) in [6.45, 7) is 14.3. The maximum Gasteiger partial charge on any atom is 0.306 e. The monoisotopic (exact) mass is 608 g/mol. The maximum absolute atomic E-state index is 12.7. The van der Waals surface area contributed by atoms with Crippen molar-refractivity contribution >= 4 is 5.97 Å². The minimum Gasteiger partial charge on any atom is -0.462 e. The van der Waals surface area contributed by atoms with Crippen molar-refractivity contribution in [1.29, 1.82) is 0 Å². The van der Waals surface area contributed by atoms with Crippen molar-refractivity contribution in [2.45, 2.75) is 239 Å². The van der Waals surface area contributed by atoms with Crippen molar-refractivity contribution in [2.24, 2.45) is 0 Å². The van der Waals surface area contributed by atoms with Gasteiger partial charge >= 0.3 is 5.97 Å². The molecule has 4 nitrogen and oxygen atoms in total. The van der Waals surface area contributed by atoms with Crippen LogP contribution in [0.1, 0.15) is 221 Å². The van der Waals surface area contributed by atoms with Crippen LogP contribution in [0.3, 0.4) is 0 Å². The molecule has 1 saturated heterocycles. The number of unbranched alkanes of at least 4 members (excludes halogenated alkanes) is 23. The molecule has 1 rings (SSSR count). The molecule has 0 aromatic carbocycles. The molecule has 0 bridgehead atoms. The Balaban J connectivity index is 2.09. The van der Waals surface area contributed by atoms with E-state index >= 15 is 0 Å². The summed E-state index contributed by atoms with van der Waals surface area (Å²) < 4.78 is 6.02. The summed E-state index contributed by atoms with van der Waals surface area (Å²) in [5.74, 6) is -0.00831. The second-order valence-electron chi connectivity index (χ2n) is 15.2. The summed E-state index contributed by atoms with van der Waals surface area (Å²) in [6.07, 6.45) is 35.7. The number of esters is 1. The molecule has 1 heterocycles. The average molecular weight is 608 g/mol. The predicted molar refractivity (Wildman–Crippen MR) is 186 cm³/mol. The standard InChI is InChI=1S/C39H77NO3/c1-7-9-11-13-15-17-19-20-21-22-23-24-26-28-30-32-37(41)43-36-34-38(3,4)40(39(5,6)35-36)42-33-31-29-27-25-18-16-14-12-10-8-2/h36H,7-35H2,1-6H3. The molecule has 0 saturated carbocycles. The summed E-state index contributed by atoms with van der Waals surface area (Å²) in [4.78, 5) is 19.1. The van der Waals surface area contributed by atoms with Crippen LogP contribution in [0.5, 0.6) is 0 Å². The lowest BCUT2D eigenvalue weighted by Gasteiger charge is -2.53. The first-order valence-corrected chi connectivity index (χ1v) is 19.4. The molecule has 0 spiro atoms. The molecule has 0 aromatic rings. The van der Waals surface area contributed by atoms with Gasteiger partial charge in [0.2, 0.25) is 0 Å². The van der Waals surface area contributed by atoms with Gasteiger partial charge in [0.1, 0.15) is 6.10 Å². The first kappa shape index (κ1) is 40.4. The van der Waals surface area contributed by atoms with E-state index in [4.69, 9.17) is 9.57 Å². The molecule has 1 aliphatic heterocycles. The molecule has 1 aliphatic rings. The van der Waals surface area contributed by atoms with E-state index in [1.807, 2.05) is 0 Å². The smallest absolute Gasteiger partial charge is 0.306 e. The second-order valence-corrected chi connectivity index (χ2v) is 15.2. The molecular formula is C39H77NO3. The minimum absolute atomic E-state index is 0.00831. The largest absolute Gasteiger partial charge is 0.462 e. The molecule has 0 amide bonds. The van der Waals surface area contributed by atoms with Gasteiger partial charge in [0.15, 0.2) is 0 Å². The molecule has 43 heavy (non-hydrogen) atoms. The van der Waals surface area contributed by atoms with Crippen LogP contribution in [0.2, 0.25) is 0 Å². The van der Waals surface area contributed by atoms with Gasteiger partial charge in [-0.3, -0.25) is 9.63 Å². The van der Waals surface area contributed by atoms with Crippen molar-refractivity contribution in [1.82, 2.24) is 5.06 Å². The van der Waals surface area contributed by atoms with Crippen LogP contribution < -0.4 is 0 Å². The number of rotatable bonds is 29. The Morgan fingerprint density at radius 3 is 1.23 bits per heavy atom. The number of hydrogen-bond donors (Lipinski definition) is 0. The molecule has 0 aliphatic carbocycles. The zero-order valence-corrected chi connectivity index (χ0v) is 30.3. The van der Waals surface area contributed by atoms with E-state index < -0.39 is 0 Å². The number of carbonyl (C=O) groups excluding carboxylic acids is 1. The molecule has 1 fully saturated rings. The highest BCUT2D eigenvalue weighted by atomic mass is 16.7. The minimum atomic E-state index is -0.153. The van der Waals surface area contributed by atoms with Gasteiger partial charge in [0.05, 0.1) is 6.61 Å². The number of carbonyl (C=O) groups is 1. The van der Waals surface area contributed by atoms with Crippen molar-refractivity contribution in [3.05, 3.63) is 0 Å². The van der Waals surface area contributed by atoms with Crippen LogP contribution in [0.4, 0.5) is 0 Å². The Morgan fingerprint density at radius 2 is 0.860 bits per heavy atom. The van der Waals surface area contributed by atoms with Crippen LogP contribution in [0.25, 0.3) is 0 Å². The van der Waals surface area contributed by atoms with E-state index in [9.17, 15) is 4.79 Å². The molecule has 0 N–H and O–H groups in total. The van der Waals surface area contributed by atoms with Crippen LogP contribution in [-0.4, -0.2) is 34.8 Å². The van der Waals surface area contributed by atoms with E-state index in [0.717, 1.165) is 38.7 Å². The summed E-state index contributed by atoms with van der Waals surface area (Å²) in [7, 11) is 0. The third-order valence-corrected chi connectivity index (χ3v) is 9.55. The van der Waals surface area contributed by atoms with Crippen molar-refractivity contribution in [3.63, 3.8) is 0 Å². The third-order valence-electron chi connectivity index (χ3n) is 9.55. The average Bonchev–Trinajstić information content (AvgIpc) is 2.94. The summed E-state index contributed by atoms with van der Waals surface area (Å²) >= 11 is 0. The van der Waals surface area contributed by atoms with Gasteiger partial charge in [0.25, 0.3) is 0 Å². The zero-order valence-electron chi connectivity index (χ0n) is 30.3. The number of hydrogen-bond acceptors (Lipinski definition) is 4. The highest BCUT2D eigenvalue weighted by Gasteiger charge is 2.47. The molecule has 0 radical (unpaired) electrons. The normalized spacial score (nSPS) is 17.0. The Kier molecular flexibility index (Phi) is 24.0. The Hall–Kier alpha value is -0.610. The quantitative estimate of drug-likeness (QED) is 0.0626. The van der Waals surface area contributed by atoms with Crippen molar-refractivity contribution in [3.8, 4) is 0 Å². The first-order chi connectivity index (χ1) is 20.7. The topological polar surface area (TPSA) is 38.8 Å². The molecule has 256 valence electrons. The molecule has 0 atom stereocenters. The SMILES string of the molecule is CCCCCCCCCCCCCCCCCC(=O)OC1CC(C)(C)N(OCCCCCCCCCCCC)C(C)(C)C1. The van der Waals surface area contributed by atoms with Crippen molar-refractivity contribution in [2.75, 3.05) is 6.61 Å². The predicted octanol–water partition coefficient (Wildman–Crippen LogP) is 12.7. The lowest BCUT2D eigenvalue weighted by molar-refractivity contribution is -0.293. The second kappa shape index (κ2) is 25.6. The van der Waals surface area contributed by atoms with Gasteiger partial charge in [-0.15, -0.1) is 0 Å². The van der Waals surface area contributed by atoms with Crippen LogP contribution in [0.15, 0.2) is 0 Å². The first-order valence-electron chi connectivity index (χ1n) is 19.4. The highest BCUT2D eigenvalue weighted by Crippen LogP contribution is 2.40. The lowest BCUT2D eigenvalue weighted by Crippen LogP contribution is -2.62. The highest BCUT2D eigenvalue weighted by molar-refractivity contribution is 5.69. The van der Waals surface area contributed by atoms with Gasteiger partial charge in [-0.25, -0.2) is 0 Å². The Bertz CT molecular complexity index is 628. The Morgan fingerprint density at radius 1 is 0.535 bits per heavy atom. The lowest BCUT2D eigenvalue weighted by atomic mass is 9.80. The summed E-state index contributed by atoms with van der Waals surface area (Å²) in [5, 5.41) is 2.21. The number of nitrogens with zero attached hydrogens (tertiary/aromatic N) is 1. The van der Waals surface area contributed by atoms with Gasteiger partial charge in [-0.05, 0) is 40.5 Å². The fourth-order valence-electron chi connectivity index (χ4n) is 7.24. The van der Waals surface area contributed by atoms with E-state index in [1.54, 1.807) is 0 Å². The van der Waals surface area contributed by atoms with Gasteiger partial charge in [-0.2, -0.15) is 5.06 Å². The summed E-state index contributed by atoms with van der Waals surface area (Å²) in [6, 6.07) is 0. The van der Waals surface area contributed by atoms with E-state index in [2.05, 4.69) is 46.6 Å². The molecular weight excluding hydrogens is 530 g/mol. The van der Waals surface area contributed by atoms with E-state index in [-0.39, 0.29) is 23.2 Å². The van der Waals surface area contributed by atoms with Crippen molar-refractivity contribution < 1.29 is 14.4 Å². The molecule has 0 aromatic heterocycles. The van der Waals surface area contributed by atoms with E-state index in [0.29, 0.717) is 6.42 Å². The molecule has 0 unspecified atom stereocenters. The van der Waals surface area contributed by atoms with Gasteiger partial charge in [-0.1, -0.05) is 162 Å². The van der Waals surface area contributed by atoms with Gasteiger partial charge < -0.3 is 4.74 Å². The Labute approximate surface area is 270 Å². The van der Waals surface area contributed by atoms with Crippen LogP contribution in [0, 0.1) is 0 Å². The zero-order chi connectivity index (χ0) is 31.7. The van der Waals surface area contributed by atoms with E-state index in [1.165, 1.54) is 141 Å². The van der Waals surface area contributed by atoms with Crippen LogP contribution >= 0.6 is 0 Å². The fourth-order valence-corrected chi connectivity index (χ4v) is 7.24. The fraction of sp³-hybridized carbons (Fsp3) is 0.974. The number of ether oxygens (including phenoxy) is 1. The maximum atomic E-state index is 12.7. The summed E-state index contributed by atoms with van der Waals surface area (Å²) in [5.41, 5.74) is -0.306. The molecule has 4 heteroatoms. The van der Waals surface area contributed by atoms with Gasteiger partial charge in [0, 0.05) is 30.3 Å². The number of hydroxylamine groups is 2. The number of piperidine rings is 1. The van der Waals surface area contributed by atoms with Crippen LogP contribution in [-0.2, 0) is 14.4 Å². The third kappa shape index (κ3) is 20.9.